The van der Waals surface area contributed by atoms with Crippen LogP contribution in [0.3, 0.4) is 0 Å². The van der Waals surface area contributed by atoms with Crippen molar-refractivity contribution in [1.29, 1.82) is 0 Å². The zero-order chi connectivity index (χ0) is 14.3. The van der Waals surface area contributed by atoms with Crippen molar-refractivity contribution < 1.29 is 4.39 Å². The smallest absolute Gasteiger partial charge is 0.144 e. The van der Waals surface area contributed by atoms with Gasteiger partial charge in [-0.25, -0.2) is 14.1 Å². The van der Waals surface area contributed by atoms with Gasteiger partial charge in [-0.15, -0.1) is 11.6 Å². The first kappa shape index (κ1) is 13.9. The van der Waals surface area contributed by atoms with E-state index >= 15 is 0 Å². The van der Waals surface area contributed by atoms with Crippen molar-refractivity contribution in [3.8, 4) is 0 Å². The molecule has 0 unspecified atom stereocenters. The number of benzene rings is 1. The molecule has 1 aliphatic rings. The second-order valence-corrected chi connectivity index (χ2v) is 5.66. The molecule has 1 aliphatic heterocycles. The molecule has 2 heterocycles. The highest BCUT2D eigenvalue weighted by Gasteiger charge is 2.20. The number of likely N-dealkylation sites (N-methyl/N-ethyl adjacent to an activating group) is 1. The van der Waals surface area contributed by atoms with Gasteiger partial charge < -0.3 is 9.91 Å². The van der Waals surface area contributed by atoms with E-state index in [1.807, 2.05) is 4.68 Å². The second-order valence-electron chi connectivity index (χ2n) is 4.99. The van der Waals surface area contributed by atoms with E-state index in [4.69, 9.17) is 23.2 Å². The number of aromatic nitrogens is 2. The fourth-order valence-corrected chi connectivity index (χ4v) is 2.84. The zero-order valence-corrected chi connectivity index (χ0v) is 12.6. The van der Waals surface area contributed by atoms with Crippen molar-refractivity contribution in [1.82, 2.24) is 14.6 Å². The Balaban J connectivity index is 2.10. The first-order valence-electron chi connectivity index (χ1n) is 6.46. The average molecular weight is 317 g/mol. The molecule has 0 spiro atoms. The molecule has 0 saturated carbocycles. The van der Waals surface area contributed by atoms with Crippen molar-refractivity contribution in [3.63, 3.8) is 0 Å². The third-order valence-corrected chi connectivity index (χ3v) is 4.15. The molecule has 108 valence electrons. The van der Waals surface area contributed by atoms with Crippen molar-refractivity contribution in [2.45, 2.75) is 5.88 Å². The van der Waals surface area contributed by atoms with Gasteiger partial charge in [0.25, 0.3) is 0 Å². The molecule has 2 aromatic rings. The lowest BCUT2D eigenvalue weighted by Crippen LogP contribution is -2.50. The summed E-state index contributed by atoms with van der Waals surface area (Å²) in [4.78, 5) is 6.71. The maximum Gasteiger partial charge on any atom is 0.144 e. The lowest BCUT2D eigenvalue weighted by molar-refractivity contribution is 0.288. The first-order valence-corrected chi connectivity index (χ1v) is 7.37. The summed E-state index contributed by atoms with van der Waals surface area (Å²) < 4.78 is 15.7. The van der Waals surface area contributed by atoms with Crippen LogP contribution in [0, 0.1) is 5.82 Å². The number of imidazole rings is 1. The van der Waals surface area contributed by atoms with Gasteiger partial charge >= 0.3 is 0 Å². The summed E-state index contributed by atoms with van der Waals surface area (Å²) in [6.07, 6.45) is 0. The summed E-state index contributed by atoms with van der Waals surface area (Å²) in [5.74, 6) is 0.559. The Morgan fingerprint density at radius 3 is 2.60 bits per heavy atom. The number of nitrogens with zero attached hydrogens (tertiary/aromatic N) is 4. The Bertz CT molecular complexity index is 635. The Kier molecular flexibility index (Phi) is 3.75. The minimum Gasteiger partial charge on any atom is -0.308 e. The maximum absolute atomic E-state index is 13.7. The molecular formula is C13H15Cl2FN4. The number of fused-ring (bicyclic) bond motifs is 1. The lowest BCUT2D eigenvalue weighted by atomic mass is 10.3. The monoisotopic (exact) mass is 316 g/mol. The van der Waals surface area contributed by atoms with Gasteiger partial charge in [0, 0.05) is 32.2 Å². The summed E-state index contributed by atoms with van der Waals surface area (Å²) >= 11 is 11.8. The molecule has 0 aliphatic carbocycles. The van der Waals surface area contributed by atoms with Gasteiger partial charge in [0.15, 0.2) is 0 Å². The Morgan fingerprint density at radius 1 is 1.25 bits per heavy atom. The van der Waals surface area contributed by atoms with Crippen molar-refractivity contribution in [2.75, 3.05) is 38.2 Å². The van der Waals surface area contributed by atoms with Crippen molar-refractivity contribution in [2.24, 2.45) is 0 Å². The number of hydrogen-bond donors (Lipinski definition) is 0. The van der Waals surface area contributed by atoms with E-state index in [0.717, 1.165) is 26.2 Å². The highest BCUT2D eigenvalue weighted by atomic mass is 35.5. The van der Waals surface area contributed by atoms with Gasteiger partial charge in [-0.05, 0) is 13.1 Å². The fraction of sp³-hybridized carbons (Fsp3) is 0.462. The van der Waals surface area contributed by atoms with Crippen molar-refractivity contribution >= 4 is 34.2 Å². The molecule has 0 bridgehead atoms. The van der Waals surface area contributed by atoms with Crippen LogP contribution < -0.4 is 5.01 Å². The molecule has 0 amide bonds. The molecule has 3 rings (SSSR count). The van der Waals surface area contributed by atoms with Crippen molar-refractivity contribution in [3.05, 3.63) is 28.8 Å². The molecule has 1 fully saturated rings. The minimum atomic E-state index is -0.435. The molecule has 1 aromatic heterocycles. The standard InChI is InChI=1S/C13H15Cl2FN4/c1-18-2-4-19(5-3-18)20-12-7-10(16)9(15)6-11(12)17-13(20)8-14/h6-7H,2-5,8H2,1H3. The Labute approximate surface area is 126 Å². The van der Waals surface area contributed by atoms with E-state index in [-0.39, 0.29) is 10.9 Å². The third kappa shape index (κ3) is 2.34. The predicted octanol–water partition coefficient (Wildman–Crippen LogP) is 2.45. The summed E-state index contributed by atoms with van der Waals surface area (Å²) in [5, 5.41) is 2.24. The van der Waals surface area contributed by atoms with E-state index in [9.17, 15) is 4.39 Å². The molecule has 0 radical (unpaired) electrons. The summed E-state index contributed by atoms with van der Waals surface area (Å²) in [7, 11) is 2.09. The summed E-state index contributed by atoms with van der Waals surface area (Å²) in [6, 6.07) is 2.98. The van der Waals surface area contributed by atoms with E-state index in [0.29, 0.717) is 16.9 Å². The lowest BCUT2D eigenvalue weighted by Gasteiger charge is -2.35. The molecule has 7 heteroatoms. The van der Waals surface area contributed by atoms with Crippen LogP contribution >= 0.6 is 23.2 Å². The second kappa shape index (κ2) is 5.39. The average Bonchev–Trinajstić information content (AvgIpc) is 2.78. The van der Waals surface area contributed by atoms with Crippen LogP contribution in [-0.2, 0) is 5.88 Å². The molecule has 0 N–H and O–H groups in total. The quantitative estimate of drug-likeness (QED) is 0.795. The number of piperazine rings is 1. The zero-order valence-electron chi connectivity index (χ0n) is 11.1. The number of hydrogen-bond acceptors (Lipinski definition) is 3. The SMILES string of the molecule is CN1CCN(n2c(CCl)nc3cc(Cl)c(F)cc32)CC1. The Hall–Kier alpha value is -1.04. The van der Waals surface area contributed by atoms with Crippen LogP contribution in [0.25, 0.3) is 11.0 Å². The van der Waals surface area contributed by atoms with E-state index in [1.54, 1.807) is 6.07 Å². The minimum absolute atomic E-state index is 0.0849. The molecular weight excluding hydrogens is 302 g/mol. The van der Waals surface area contributed by atoms with Gasteiger partial charge in [0.2, 0.25) is 0 Å². The first-order chi connectivity index (χ1) is 9.60. The van der Waals surface area contributed by atoms with E-state index < -0.39 is 5.82 Å². The normalized spacial score (nSPS) is 17.1. The fourth-order valence-electron chi connectivity index (χ4n) is 2.51. The van der Waals surface area contributed by atoms with Crippen LogP contribution in [0.4, 0.5) is 4.39 Å². The van der Waals surface area contributed by atoms with Gasteiger partial charge in [0.1, 0.15) is 11.6 Å². The summed E-state index contributed by atoms with van der Waals surface area (Å²) in [5.41, 5.74) is 1.39. The molecule has 4 nitrogen and oxygen atoms in total. The predicted molar refractivity (Wildman–Crippen MR) is 79.7 cm³/mol. The van der Waals surface area contributed by atoms with E-state index in [1.165, 1.54) is 6.07 Å². The molecule has 20 heavy (non-hydrogen) atoms. The molecule has 1 saturated heterocycles. The van der Waals surface area contributed by atoms with Crippen LogP contribution in [0.15, 0.2) is 12.1 Å². The number of alkyl halides is 1. The summed E-state index contributed by atoms with van der Waals surface area (Å²) in [6.45, 7) is 3.63. The van der Waals surface area contributed by atoms with Crippen LogP contribution in [0.1, 0.15) is 5.82 Å². The Morgan fingerprint density at radius 2 is 1.95 bits per heavy atom. The van der Waals surface area contributed by atoms with Gasteiger partial charge in [-0.3, -0.25) is 0 Å². The third-order valence-electron chi connectivity index (χ3n) is 3.62. The van der Waals surface area contributed by atoms with E-state index in [2.05, 4.69) is 21.9 Å². The van der Waals surface area contributed by atoms with Crippen LogP contribution in [-0.4, -0.2) is 47.8 Å². The number of halogens is 3. The van der Waals surface area contributed by atoms with Crippen LogP contribution in [0.5, 0.6) is 0 Å². The van der Waals surface area contributed by atoms with Gasteiger partial charge in [-0.2, -0.15) is 0 Å². The molecule has 0 atom stereocenters. The maximum atomic E-state index is 13.7. The molecule has 1 aromatic carbocycles. The highest BCUT2D eigenvalue weighted by molar-refractivity contribution is 6.31. The highest BCUT2D eigenvalue weighted by Crippen LogP contribution is 2.25. The topological polar surface area (TPSA) is 24.3 Å². The van der Waals surface area contributed by atoms with Gasteiger partial charge in [-0.1, -0.05) is 11.6 Å². The number of rotatable bonds is 2. The van der Waals surface area contributed by atoms with Crippen LogP contribution in [0.2, 0.25) is 5.02 Å². The van der Waals surface area contributed by atoms with Gasteiger partial charge in [0.05, 0.1) is 21.9 Å². The largest absolute Gasteiger partial charge is 0.308 e.